The van der Waals surface area contributed by atoms with Gasteiger partial charge in [0.25, 0.3) is 0 Å². The number of rotatable bonds is 4. The van der Waals surface area contributed by atoms with Crippen LogP contribution in [0.2, 0.25) is 0 Å². The first-order valence-corrected chi connectivity index (χ1v) is 19.4. The highest BCUT2D eigenvalue weighted by atomic mass is 15.1. The van der Waals surface area contributed by atoms with Gasteiger partial charge in [-0.15, -0.1) is 0 Å². The molecule has 2 aliphatic rings. The molecule has 262 valence electrons. The molecular weight excluding hydrogens is 665 g/mol. The van der Waals surface area contributed by atoms with Crippen molar-refractivity contribution in [2.24, 2.45) is 0 Å². The minimum atomic E-state index is -0.416. The standard InChI is InChI=1S/C53H40N2/c1-52(2,3)35-16-15-19-37(32-35)54(38-29-31-51-45(33-38)44-23-10-14-27-50(44)55(51)36-17-5-4-6-18-36)39-28-30-43-42-22-9-13-26-48(42)53(49(43)34-39)46-24-11-7-20-40(46)41-21-8-12-25-47(41)53/h4-34H,1-3H3. The molecule has 0 saturated heterocycles. The Labute approximate surface area is 322 Å². The van der Waals surface area contributed by atoms with Crippen molar-refractivity contribution >= 4 is 38.9 Å². The summed E-state index contributed by atoms with van der Waals surface area (Å²) in [5.74, 6) is 0. The summed E-state index contributed by atoms with van der Waals surface area (Å²) in [5.41, 5.74) is 18.5. The molecule has 2 nitrogen and oxygen atoms in total. The van der Waals surface area contributed by atoms with E-state index in [4.69, 9.17) is 0 Å². The van der Waals surface area contributed by atoms with Crippen molar-refractivity contribution < 1.29 is 0 Å². The lowest BCUT2D eigenvalue weighted by Gasteiger charge is -2.32. The number of fused-ring (bicyclic) bond motifs is 13. The lowest BCUT2D eigenvalue weighted by atomic mass is 9.70. The Balaban J connectivity index is 1.19. The summed E-state index contributed by atoms with van der Waals surface area (Å²) < 4.78 is 2.39. The zero-order valence-corrected chi connectivity index (χ0v) is 31.3. The zero-order chi connectivity index (χ0) is 36.9. The van der Waals surface area contributed by atoms with Crippen molar-refractivity contribution in [2.75, 3.05) is 4.90 Å². The van der Waals surface area contributed by atoms with Gasteiger partial charge in [-0.2, -0.15) is 0 Å². The number of hydrogen-bond donors (Lipinski definition) is 0. The van der Waals surface area contributed by atoms with Crippen molar-refractivity contribution in [1.29, 1.82) is 0 Å². The fourth-order valence-electron chi connectivity index (χ4n) is 9.74. The number of anilines is 3. The molecule has 0 fully saturated rings. The average molecular weight is 705 g/mol. The predicted octanol–water partition coefficient (Wildman–Crippen LogP) is 13.9. The van der Waals surface area contributed by atoms with Gasteiger partial charge in [-0.3, -0.25) is 0 Å². The SMILES string of the molecule is CC(C)(C)c1cccc(N(c2ccc3c(c2)C2(c4ccccc4-c4ccccc42)c2ccccc2-3)c2ccc3c(c2)c2ccccc2n3-c2ccccc2)c1. The van der Waals surface area contributed by atoms with Crippen LogP contribution in [0.15, 0.2) is 188 Å². The van der Waals surface area contributed by atoms with Crippen molar-refractivity contribution in [2.45, 2.75) is 31.6 Å². The molecule has 2 aliphatic carbocycles. The van der Waals surface area contributed by atoms with Crippen LogP contribution in [0.3, 0.4) is 0 Å². The van der Waals surface area contributed by atoms with Gasteiger partial charge in [-0.05, 0) is 116 Å². The Hall–Kier alpha value is -6.64. The Morgan fingerprint density at radius 3 is 1.60 bits per heavy atom. The summed E-state index contributed by atoms with van der Waals surface area (Å²) in [4.78, 5) is 2.48. The summed E-state index contributed by atoms with van der Waals surface area (Å²) in [6.45, 7) is 6.89. The van der Waals surface area contributed by atoms with Crippen LogP contribution in [-0.2, 0) is 10.8 Å². The van der Waals surface area contributed by atoms with E-state index < -0.39 is 5.41 Å². The van der Waals surface area contributed by atoms with Gasteiger partial charge in [-0.25, -0.2) is 0 Å². The van der Waals surface area contributed by atoms with Crippen LogP contribution in [0, 0.1) is 0 Å². The monoisotopic (exact) mass is 704 g/mol. The van der Waals surface area contributed by atoms with Gasteiger partial charge in [0.1, 0.15) is 0 Å². The number of benzene rings is 8. The molecule has 0 bridgehead atoms. The summed E-state index contributed by atoms with van der Waals surface area (Å²) in [5, 5.41) is 2.48. The maximum Gasteiger partial charge on any atom is 0.0726 e. The number of nitrogens with zero attached hydrogens (tertiary/aromatic N) is 2. The summed E-state index contributed by atoms with van der Waals surface area (Å²) in [6, 6.07) is 70.1. The van der Waals surface area contributed by atoms with Gasteiger partial charge < -0.3 is 9.47 Å². The molecule has 0 amide bonds. The average Bonchev–Trinajstić information content (AvgIpc) is 3.83. The van der Waals surface area contributed by atoms with Gasteiger partial charge in [0.2, 0.25) is 0 Å². The third kappa shape index (κ3) is 4.49. The molecule has 8 aromatic carbocycles. The van der Waals surface area contributed by atoms with E-state index in [1.807, 2.05) is 0 Å². The van der Waals surface area contributed by atoms with Crippen LogP contribution >= 0.6 is 0 Å². The van der Waals surface area contributed by atoms with E-state index in [1.165, 1.54) is 71.9 Å². The van der Waals surface area contributed by atoms with Crippen LogP contribution in [0.25, 0.3) is 49.7 Å². The second-order valence-corrected chi connectivity index (χ2v) is 16.1. The van der Waals surface area contributed by atoms with Crippen LogP contribution in [0.4, 0.5) is 17.1 Å². The van der Waals surface area contributed by atoms with Gasteiger partial charge in [0, 0.05) is 33.5 Å². The van der Waals surface area contributed by atoms with E-state index in [9.17, 15) is 0 Å². The maximum atomic E-state index is 2.50. The van der Waals surface area contributed by atoms with Crippen LogP contribution < -0.4 is 4.90 Å². The Morgan fingerprint density at radius 2 is 0.927 bits per heavy atom. The number of aromatic nitrogens is 1. The quantitative estimate of drug-likeness (QED) is 0.177. The fourth-order valence-corrected chi connectivity index (χ4v) is 9.74. The summed E-state index contributed by atoms with van der Waals surface area (Å²) in [6.07, 6.45) is 0. The van der Waals surface area contributed by atoms with Crippen LogP contribution in [0.5, 0.6) is 0 Å². The molecule has 11 rings (SSSR count). The lowest BCUT2D eigenvalue weighted by Crippen LogP contribution is -2.26. The molecule has 0 atom stereocenters. The molecule has 1 spiro atoms. The highest BCUT2D eigenvalue weighted by molar-refractivity contribution is 6.11. The van der Waals surface area contributed by atoms with E-state index in [0.29, 0.717) is 0 Å². The second-order valence-electron chi connectivity index (χ2n) is 16.1. The maximum absolute atomic E-state index is 2.50. The van der Waals surface area contributed by atoms with Crippen LogP contribution in [-0.4, -0.2) is 4.57 Å². The van der Waals surface area contributed by atoms with E-state index in [-0.39, 0.29) is 5.41 Å². The van der Waals surface area contributed by atoms with Crippen molar-refractivity contribution in [1.82, 2.24) is 4.57 Å². The zero-order valence-electron chi connectivity index (χ0n) is 31.3. The van der Waals surface area contributed by atoms with Crippen LogP contribution in [0.1, 0.15) is 48.6 Å². The summed E-state index contributed by atoms with van der Waals surface area (Å²) >= 11 is 0. The number of hydrogen-bond acceptors (Lipinski definition) is 1. The van der Waals surface area contributed by atoms with E-state index in [1.54, 1.807) is 0 Å². The molecule has 1 heterocycles. The third-order valence-corrected chi connectivity index (χ3v) is 12.1. The first-order chi connectivity index (χ1) is 26.9. The van der Waals surface area contributed by atoms with Gasteiger partial charge in [0.05, 0.1) is 16.4 Å². The molecule has 1 aromatic heterocycles. The Bertz CT molecular complexity index is 2910. The molecule has 0 unspecified atom stereocenters. The Morgan fingerprint density at radius 1 is 0.400 bits per heavy atom. The lowest BCUT2D eigenvalue weighted by molar-refractivity contribution is 0.590. The van der Waals surface area contributed by atoms with E-state index >= 15 is 0 Å². The van der Waals surface area contributed by atoms with Gasteiger partial charge in [0.15, 0.2) is 0 Å². The van der Waals surface area contributed by atoms with Crippen molar-refractivity contribution in [3.05, 3.63) is 216 Å². The van der Waals surface area contributed by atoms with Gasteiger partial charge >= 0.3 is 0 Å². The normalized spacial score (nSPS) is 13.5. The van der Waals surface area contributed by atoms with Crippen molar-refractivity contribution in [3.63, 3.8) is 0 Å². The molecule has 9 aromatic rings. The highest BCUT2D eigenvalue weighted by Gasteiger charge is 2.51. The first kappa shape index (κ1) is 31.8. The molecule has 0 N–H and O–H groups in total. The third-order valence-electron chi connectivity index (χ3n) is 12.1. The molecule has 55 heavy (non-hydrogen) atoms. The largest absolute Gasteiger partial charge is 0.310 e. The minimum Gasteiger partial charge on any atom is -0.310 e. The second kappa shape index (κ2) is 11.7. The van der Waals surface area contributed by atoms with Crippen molar-refractivity contribution in [3.8, 4) is 27.9 Å². The predicted molar refractivity (Wildman–Crippen MR) is 230 cm³/mol. The molecule has 0 aliphatic heterocycles. The minimum absolute atomic E-state index is 0.00432. The molecular formula is C53H40N2. The van der Waals surface area contributed by atoms with E-state index in [0.717, 1.165) is 22.7 Å². The van der Waals surface area contributed by atoms with Gasteiger partial charge in [-0.1, -0.05) is 148 Å². The highest BCUT2D eigenvalue weighted by Crippen LogP contribution is 2.63. The van der Waals surface area contributed by atoms with E-state index in [2.05, 4.69) is 218 Å². The first-order valence-electron chi connectivity index (χ1n) is 19.4. The summed E-state index contributed by atoms with van der Waals surface area (Å²) in [7, 11) is 0. The Kier molecular flexibility index (Phi) is 6.76. The molecule has 0 radical (unpaired) electrons. The molecule has 2 heteroatoms. The topological polar surface area (TPSA) is 8.17 Å². The fraction of sp³-hybridized carbons (Fsp3) is 0.0943. The molecule has 0 saturated carbocycles. The number of para-hydroxylation sites is 2. The smallest absolute Gasteiger partial charge is 0.0726 e.